The first-order chi connectivity index (χ1) is 26.1. The molecular formula is C42H57N7O5Si. The minimum atomic E-state index is -1.25. The summed E-state index contributed by atoms with van der Waals surface area (Å²) < 4.78 is 19.6. The molecule has 55 heavy (non-hydrogen) atoms. The van der Waals surface area contributed by atoms with Crippen LogP contribution in [0.5, 0.6) is 0 Å². The van der Waals surface area contributed by atoms with Crippen LogP contribution in [-0.4, -0.2) is 91.7 Å². The van der Waals surface area contributed by atoms with Crippen molar-refractivity contribution >= 4 is 48.3 Å². The lowest BCUT2D eigenvalue weighted by Crippen LogP contribution is -2.49. The van der Waals surface area contributed by atoms with E-state index in [0.29, 0.717) is 33.1 Å². The summed E-state index contributed by atoms with van der Waals surface area (Å²) in [7, 11) is -1.25. The number of carbonyl (C=O) groups is 2. The molecule has 1 atom stereocenters. The minimum Gasteiger partial charge on any atom is -0.444 e. The molecule has 1 saturated carbocycles. The molecule has 2 aliphatic heterocycles. The van der Waals surface area contributed by atoms with Crippen molar-refractivity contribution in [1.82, 2.24) is 19.9 Å². The Bertz CT molecular complexity index is 2010. The Kier molecular flexibility index (Phi) is 10.7. The molecule has 2 saturated heterocycles. The quantitative estimate of drug-likeness (QED) is 0.112. The van der Waals surface area contributed by atoms with Gasteiger partial charge in [0.15, 0.2) is 0 Å². The second-order valence-corrected chi connectivity index (χ2v) is 23.5. The summed E-state index contributed by atoms with van der Waals surface area (Å²) in [5.41, 5.74) is 4.13. The molecule has 3 fully saturated rings. The highest BCUT2D eigenvalue weighted by Gasteiger charge is 2.51. The number of alkyl carbamates (subject to hydrolysis) is 1. The fourth-order valence-electron chi connectivity index (χ4n) is 7.56. The topological polar surface area (TPSA) is 123 Å². The van der Waals surface area contributed by atoms with E-state index in [-0.39, 0.29) is 5.91 Å². The van der Waals surface area contributed by atoms with Crippen molar-refractivity contribution in [3.05, 3.63) is 66.5 Å². The van der Waals surface area contributed by atoms with Crippen LogP contribution in [0.25, 0.3) is 22.3 Å². The van der Waals surface area contributed by atoms with Gasteiger partial charge in [-0.15, -0.1) is 0 Å². The number of hydrogen-bond donors (Lipinski definition) is 2. The molecule has 13 heteroatoms. The average Bonchev–Trinajstić information content (AvgIpc) is 3.74. The van der Waals surface area contributed by atoms with E-state index >= 15 is 0 Å². The van der Waals surface area contributed by atoms with Crippen LogP contribution in [0.3, 0.4) is 0 Å². The first-order valence-corrected chi connectivity index (χ1v) is 23.4. The Labute approximate surface area is 325 Å². The molecule has 294 valence electrons. The van der Waals surface area contributed by atoms with E-state index in [9.17, 15) is 9.59 Å². The smallest absolute Gasteiger partial charge is 0.408 e. The summed E-state index contributed by atoms with van der Waals surface area (Å²) in [5.74, 6) is 0.917. The van der Waals surface area contributed by atoms with E-state index in [4.69, 9.17) is 24.2 Å². The van der Waals surface area contributed by atoms with E-state index in [2.05, 4.69) is 88.0 Å². The second-order valence-electron chi connectivity index (χ2n) is 17.9. The van der Waals surface area contributed by atoms with E-state index in [0.717, 1.165) is 90.0 Å². The molecule has 0 radical (unpaired) electrons. The third-order valence-electron chi connectivity index (χ3n) is 10.9. The largest absolute Gasteiger partial charge is 0.444 e. The number of hydrogen-bond acceptors (Lipinski definition) is 9. The van der Waals surface area contributed by atoms with Gasteiger partial charge in [0.05, 0.1) is 35.2 Å². The van der Waals surface area contributed by atoms with E-state index in [1.165, 1.54) is 0 Å². The van der Waals surface area contributed by atoms with Gasteiger partial charge < -0.3 is 39.2 Å². The van der Waals surface area contributed by atoms with Gasteiger partial charge >= 0.3 is 6.09 Å². The van der Waals surface area contributed by atoms with Gasteiger partial charge in [-0.1, -0.05) is 43.9 Å². The van der Waals surface area contributed by atoms with Crippen LogP contribution in [0, 0.1) is 0 Å². The lowest BCUT2D eigenvalue weighted by Gasteiger charge is -2.29. The highest BCUT2D eigenvalue weighted by atomic mass is 28.3. The summed E-state index contributed by atoms with van der Waals surface area (Å²) in [6, 6.07) is 19.6. The molecule has 0 bridgehead atoms. The van der Waals surface area contributed by atoms with E-state index in [1.54, 1.807) is 6.33 Å². The predicted molar refractivity (Wildman–Crippen MR) is 221 cm³/mol. The molecule has 4 aromatic rings. The molecule has 3 aliphatic rings. The second kappa shape index (κ2) is 15.2. The predicted octanol–water partition coefficient (Wildman–Crippen LogP) is 7.41. The van der Waals surface area contributed by atoms with Crippen LogP contribution < -0.4 is 20.4 Å². The highest BCUT2D eigenvalue weighted by Crippen LogP contribution is 2.50. The number of benzene rings is 2. The van der Waals surface area contributed by atoms with Crippen LogP contribution in [0.2, 0.25) is 25.7 Å². The highest BCUT2D eigenvalue weighted by molar-refractivity contribution is 6.76. The average molecular weight is 768 g/mol. The summed E-state index contributed by atoms with van der Waals surface area (Å²) >= 11 is 0. The van der Waals surface area contributed by atoms with Gasteiger partial charge in [0.2, 0.25) is 5.91 Å². The maximum Gasteiger partial charge on any atom is 0.408 e. The number of nitrogens with zero attached hydrogens (tertiary/aromatic N) is 5. The zero-order valence-electron chi connectivity index (χ0n) is 33.5. The summed E-state index contributed by atoms with van der Waals surface area (Å²) in [4.78, 5) is 40.5. The van der Waals surface area contributed by atoms with E-state index < -0.39 is 30.7 Å². The number of rotatable bonds is 12. The van der Waals surface area contributed by atoms with Crippen molar-refractivity contribution in [2.45, 2.75) is 95.9 Å². The molecule has 0 spiro atoms. The molecule has 0 unspecified atom stereocenters. The standard InChI is InChI=1S/C42H57N7O5Si/c1-40(2,3)54-39(51)46-41(4)17-18-48(27-41)33-10-8-9-31(25-33)42(15-16-42)38(50)45-32-13-11-30(12-14-32)35-26-34-36(47-19-21-52-22-20-47)43-28-44-37(34)49(35)29-53-23-24-55(5,6)7/h8-14,25-26,28H,15-24,27,29H2,1-7H3,(H,45,50)(H,46,51)/t41-/m1/s1. The molecule has 2 N–H and O–H groups in total. The summed E-state index contributed by atoms with van der Waals surface area (Å²) in [5, 5.41) is 7.30. The van der Waals surface area contributed by atoms with Gasteiger partial charge in [-0.05, 0) is 94.5 Å². The number of ether oxygens (including phenoxy) is 3. The van der Waals surface area contributed by atoms with Crippen LogP contribution in [0.15, 0.2) is 60.9 Å². The Morgan fingerprint density at radius 3 is 2.38 bits per heavy atom. The number of anilines is 3. The fraction of sp³-hybridized carbons (Fsp3) is 0.524. The van der Waals surface area contributed by atoms with Crippen LogP contribution in [0.1, 0.15) is 52.5 Å². The van der Waals surface area contributed by atoms with Crippen molar-refractivity contribution in [3.63, 3.8) is 0 Å². The summed E-state index contributed by atoms with van der Waals surface area (Å²) in [6.45, 7) is 20.2. The Hall–Kier alpha value is -4.46. The molecule has 7 rings (SSSR count). The van der Waals surface area contributed by atoms with Crippen molar-refractivity contribution in [2.24, 2.45) is 0 Å². The zero-order chi connectivity index (χ0) is 39.0. The molecule has 4 heterocycles. The Balaban J connectivity index is 1.06. The van der Waals surface area contributed by atoms with Gasteiger partial charge in [-0.2, -0.15) is 0 Å². The van der Waals surface area contributed by atoms with Gasteiger partial charge in [-0.25, -0.2) is 14.8 Å². The fourth-order valence-corrected chi connectivity index (χ4v) is 8.32. The number of nitrogens with one attached hydrogen (secondary N) is 2. The van der Waals surface area contributed by atoms with Crippen molar-refractivity contribution in [3.8, 4) is 11.3 Å². The number of amides is 2. The molecule has 1 aliphatic carbocycles. The third kappa shape index (κ3) is 9.00. The van der Waals surface area contributed by atoms with Gasteiger partial charge in [0, 0.05) is 52.2 Å². The number of aromatic nitrogens is 3. The Morgan fingerprint density at radius 2 is 1.69 bits per heavy atom. The monoisotopic (exact) mass is 767 g/mol. The molecule has 12 nitrogen and oxygen atoms in total. The molecule has 2 aromatic carbocycles. The SMILES string of the molecule is CC(C)(C)OC(=O)N[C@]1(C)CCN(c2cccc(C3(C(=O)Nc4ccc(-c5cc6c(N7CCOCC7)ncnc6n5COCC[Si](C)(C)C)cc4)CC3)c2)C1. The molecule has 2 aromatic heterocycles. The lowest BCUT2D eigenvalue weighted by atomic mass is 9.94. The van der Waals surface area contributed by atoms with Crippen molar-refractivity contribution in [1.29, 1.82) is 0 Å². The number of carbonyl (C=O) groups excluding carboxylic acids is 2. The van der Waals surface area contributed by atoms with Crippen LogP contribution in [0.4, 0.5) is 22.0 Å². The van der Waals surface area contributed by atoms with Crippen molar-refractivity contribution in [2.75, 3.05) is 61.1 Å². The molecule has 2 amide bonds. The normalized spacial score (nSPS) is 19.8. The van der Waals surface area contributed by atoms with Crippen LogP contribution in [-0.2, 0) is 31.2 Å². The first kappa shape index (κ1) is 38.8. The Morgan fingerprint density at radius 1 is 0.945 bits per heavy atom. The zero-order valence-corrected chi connectivity index (χ0v) is 34.5. The van der Waals surface area contributed by atoms with Gasteiger partial charge in [0.1, 0.15) is 30.1 Å². The maximum absolute atomic E-state index is 14.0. The van der Waals surface area contributed by atoms with Crippen molar-refractivity contribution < 1.29 is 23.8 Å². The van der Waals surface area contributed by atoms with Gasteiger partial charge in [-0.3, -0.25) is 4.79 Å². The van der Waals surface area contributed by atoms with Gasteiger partial charge in [0.25, 0.3) is 0 Å². The third-order valence-corrected chi connectivity index (χ3v) is 12.6. The van der Waals surface area contributed by atoms with E-state index in [1.807, 2.05) is 39.0 Å². The number of fused-ring (bicyclic) bond motifs is 1. The maximum atomic E-state index is 14.0. The summed E-state index contributed by atoms with van der Waals surface area (Å²) in [6.07, 6.45) is 3.63. The number of morpholine rings is 1. The minimum absolute atomic E-state index is 0.00518. The molecular weight excluding hydrogens is 711 g/mol. The lowest BCUT2D eigenvalue weighted by molar-refractivity contribution is -0.118. The first-order valence-electron chi connectivity index (χ1n) is 19.6. The van der Waals surface area contributed by atoms with Crippen LogP contribution >= 0.6 is 0 Å².